The van der Waals surface area contributed by atoms with Gasteiger partial charge in [-0.1, -0.05) is 17.7 Å². The Labute approximate surface area is 162 Å². The second-order valence-corrected chi connectivity index (χ2v) is 6.79. The van der Waals surface area contributed by atoms with E-state index in [-0.39, 0.29) is 17.0 Å². The third-order valence-electron chi connectivity index (χ3n) is 4.20. The summed E-state index contributed by atoms with van der Waals surface area (Å²) >= 11 is 6.17. The van der Waals surface area contributed by atoms with Crippen LogP contribution in [0.3, 0.4) is 0 Å². The number of hydrogen-bond donors (Lipinski definition) is 4. The van der Waals surface area contributed by atoms with Crippen molar-refractivity contribution in [2.24, 2.45) is 0 Å². The minimum atomic E-state index is -0.334. The van der Waals surface area contributed by atoms with Crippen molar-refractivity contribution in [2.45, 2.75) is 32.7 Å². The molecule has 142 valence electrons. The van der Waals surface area contributed by atoms with Crippen molar-refractivity contribution >= 4 is 40.7 Å². The fraction of sp³-hybridized carbons (Fsp3) is 0.316. The van der Waals surface area contributed by atoms with E-state index in [0.717, 1.165) is 18.4 Å². The first-order valence-electron chi connectivity index (χ1n) is 8.85. The Hall–Kier alpha value is -2.80. The number of amides is 3. The number of rotatable bonds is 6. The van der Waals surface area contributed by atoms with Crippen molar-refractivity contribution < 1.29 is 9.59 Å². The van der Waals surface area contributed by atoms with E-state index in [4.69, 9.17) is 11.6 Å². The molecule has 0 atom stereocenters. The highest BCUT2D eigenvalue weighted by molar-refractivity contribution is 6.34. The second kappa shape index (κ2) is 8.26. The minimum Gasteiger partial charge on any atom is -0.367 e. The smallest absolute Gasteiger partial charge is 0.319 e. The molecule has 0 aliphatic heterocycles. The monoisotopic (exact) mass is 387 g/mol. The Morgan fingerprint density at radius 1 is 1.22 bits per heavy atom. The van der Waals surface area contributed by atoms with E-state index in [1.807, 2.05) is 13.8 Å². The van der Waals surface area contributed by atoms with Crippen molar-refractivity contribution in [1.82, 2.24) is 10.3 Å². The zero-order valence-electron chi connectivity index (χ0n) is 15.2. The summed E-state index contributed by atoms with van der Waals surface area (Å²) in [6.45, 7) is 4.19. The van der Waals surface area contributed by atoms with Crippen molar-refractivity contribution in [2.75, 3.05) is 22.5 Å². The van der Waals surface area contributed by atoms with Crippen LogP contribution in [0.2, 0.25) is 5.02 Å². The van der Waals surface area contributed by atoms with Gasteiger partial charge in [0.25, 0.3) is 5.91 Å². The fourth-order valence-corrected chi connectivity index (χ4v) is 2.74. The number of urea groups is 1. The normalized spacial score (nSPS) is 13.0. The Balaban J connectivity index is 1.76. The Kier molecular flexibility index (Phi) is 5.81. The molecular formula is C19H22ClN5O2. The summed E-state index contributed by atoms with van der Waals surface area (Å²) in [6.07, 6.45) is 3.69. The van der Waals surface area contributed by atoms with Crippen LogP contribution in [0.4, 0.5) is 22.0 Å². The molecule has 0 saturated heterocycles. The van der Waals surface area contributed by atoms with Gasteiger partial charge >= 0.3 is 6.03 Å². The molecular weight excluding hydrogens is 366 g/mol. The first kappa shape index (κ1) is 19.0. The third-order valence-corrected chi connectivity index (χ3v) is 4.50. The van der Waals surface area contributed by atoms with E-state index in [9.17, 15) is 9.59 Å². The van der Waals surface area contributed by atoms with Gasteiger partial charge in [-0.3, -0.25) is 4.79 Å². The second-order valence-electron chi connectivity index (χ2n) is 6.38. The molecule has 27 heavy (non-hydrogen) atoms. The van der Waals surface area contributed by atoms with Gasteiger partial charge in [0.2, 0.25) is 0 Å². The van der Waals surface area contributed by atoms with Crippen LogP contribution >= 0.6 is 11.6 Å². The van der Waals surface area contributed by atoms with Crippen LogP contribution in [0.25, 0.3) is 0 Å². The molecule has 2 aromatic rings. The number of carbonyl (C=O) groups excluding carboxylic acids is 2. The van der Waals surface area contributed by atoms with Crippen molar-refractivity contribution in [3.63, 3.8) is 0 Å². The molecule has 1 fully saturated rings. The van der Waals surface area contributed by atoms with Gasteiger partial charge in [0.1, 0.15) is 5.82 Å². The van der Waals surface area contributed by atoms with E-state index in [0.29, 0.717) is 35.3 Å². The maximum absolute atomic E-state index is 12.7. The van der Waals surface area contributed by atoms with Gasteiger partial charge in [0.05, 0.1) is 10.6 Å². The molecule has 1 aliphatic carbocycles. The van der Waals surface area contributed by atoms with Crippen LogP contribution in [0.1, 0.15) is 35.7 Å². The topological polar surface area (TPSA) is 95.2 Å². The number of aromatic nitrogens is 1. The van der Waals surface area contributed by atoms with Crippen LogP contribution in [-0.4, -0.2) is 29.5 Å². The minimum absolute atomic E-state index is 0.281. The molecule has 1 saturated carbocycles. The summed E-state index contributed by atoms with van der Waals surface area (Å²) in [5, 5.41) is 11.8. The largest absolute Gasteiger partial charge is 0.367 e. The molecule has 3 rings (SSSR count). The summed E-state index contributed by atoms with van der Waals surface area (Å²) in [5.41, 5.74) is 2.31. The first-order valence-corrected chi connectivity index (χ1v) is 9.23. The zero-order valence-corrected chi connectivity index (χ0v) is 16.0. The SMILES string of the molecule is CCNC(=O)Nc1cccc(NC(=O)c2cc(NC3CC3)ncc2Cl)c1C. The van der Waals surface area contributed by atoms with E-state index in [2.05, 4.69) is 26.3 Å². The van der Waals surface area contributed by atoms with Gasteiger partial charge < -0.3 is 21.3 Å². The van der Waals surface area contributed by atoms with Crippen molar-refractivity contribution in [3.05, 3.63) is 46.6 Å². The third kappa shape index (κ3) is 4.89. The lowest BCUT2D eigenvalue weighted by atomic mass is 10.1. The lowest BCUT2D eigenvalue weighted by Crippen LogP contribution is -2.28. The average Bonchev–Trinajstić information content (AvgIpc) is 3.44. The van der Waals surface area contributed by atoms with Crippen molar-refractivity contribution in [3.8, 4) is 0 Å². The maximum Gasteiger partial charge on any atom is 0.319 e. The molecule has 7 nitrogen and oxygen atoms in total. The highest BCUT2D eigenvalue weighted by Crippen LogP contribution is 2.27. The number of halogens is 1. The molecule has 4 N–H and O–H groups in total. The van der Waals surface area contributed by atoms with Crippen molar-refractivity contribution in [1.29, 1.82) is 0 Å². The number of pyridine rings is 1. The van der Waals surface area contributed by atoms with Crippen LogP contribution in [0.5, 0.6) is 0 Å². The molecule has 0 radical (unpaired) electrons. The molecule has 0 spiro atoms. The van der Waals surface area contributed by atoms with Gasteiger partial charge in [-0.15, -0.1) is 0 Å². The molecule has 1 aliphatic rings. The lowest BCUT2D eigenvalue weighted by Gasteiger charge is -2.14. The summed E-state index contributed by atoms with van der Waals surface area (Å²) in [6, 6.07) is 7.10. The number of carbonyl (C=O) groups is 2. The summed E-state index contributed by atoms with van der Waals surface area (Å²) < 4.78 is 0. The Morgan fingerprint density at radius 3 is 2.59 bits per heavy atom. The Bertz CT molecular complexity index is 867. The molecule has 0 bridgehead atoms. The van der Waals surface area contributed by atoms with E-state index >= 15 is 0 Å². The Morgan fingerprint density at radius 2 is 1.93 bits per heavy atom. The zero-order chi connectivity index (χ0) is 19.4. The number of nitrogens with one attached hydrogen (secondary N) is 4. The number of anilines is 3. The molecule has 0 unspecified atom stereocenters. The van der Waals surface area contributed by atoms with E-state index < -0.39 is 0 Å². The van der Waals surface area contributed by atoms with Crippen LogP contribution < -0.4 is 21.3 Å². The highest BCUT2D eigenvalue weighted by atomic mass is 35.5. The average molecular weight is 388 g/mol. The number of benzene rings is 1. The molecule has 8 heteroatoms. The number of hydrogen-bond acceptors (Lipinski definition) is 4. The summed E-state index contributed by atoms with van der Waals surface area (Å²) in [4.78, 5) is 28.7. The molecule has 1 heterocycles. The van der Waals surface area contributed by atoms with Gasteiger partial charge in [-0.2, -0.15) is 0 Å². The van der Waals surface area contributed by atoms with Crippen LogP contribution in [-0.2, 0) is 0 Å². The quantitative estimate of drug-likeness (QED) is 0.602. The lowest BCUT2D eigenvalue weighted by molar-refractivity contribution is 0.102. The molecule has 3 amide bonds. The van der Waals surface area contributed by atoms with Gasteiger partial charge in [0, 0.05) is 30.2 Å². The summed E-state index contributed by atoms with van der Waals surface area (Å²) in [5.74, 6) is 0.301. The molecule has 1 aromatic carbocycles. The van der Waals surface area contributed by atoms with Gasteiger partial charge in [-0.05, 0) is 50.5 Å². The highest BCUT2D eigenvalue weighted by Gasteiger charge is 2.22. The van der Waals surface area contributed by atoms with E-state index in [1.54, 1.807) is 24.3 Å². The predicted octanol–water partition coefficient (Wildman–Crippen LogP) is 4.01. The number of nitrogens with zero attached hydrogens (tertiary/aromatic N) is 1. The van der Waals surface area contributed by atoms with Crippen LogP contribution in [0.15, 0.2) is 30.5 Å². The predicted molar refractivity (Wildman–Crippen MR) is 108 cm³/mol. The molecule has 1 aromatic heterocycles. The van der Waals surface area contributed by atoms with Gasteiger partial charge in [-0.25, -0.2) is 9.78 Å². The van der Waals surface area contributed by atoms with E-state index in [1.165, 1.54) is 6.20 Å². The van der Waals surface area contributed by atoms with Crippen LogP contribution in [0, 0.1) is 6.92 Å². The fourth-order valence-electron chi connectivity index (χ4n) is 2.55. The first-order chi connectivity index (χ1) is 13.0. The summed E-state index contributed by atoms with van der Waals surface area (Å²) in [7, 11) is 0. The maximum atomic E-state index is 12.7. The standard InChI is InChI=1S/C19H22ClN5O2/c1-3-21-19(27)25-16-6-4-5-15(11(16)2)24-18(26)13-9-17(22-10-14(13)20)23-12-7-8-12/h4-6,9-10,12H,3,7-8H2,1-2H3,(H,22,23)(H,24,26)(H2,21,25,27). The van der Waals surface area contributed by atoms with Gasteiger partial charge in [0.15, 0.2) is 0 Å².